The van der Waals surface area contributed by atoms with Crippen molar-refractivity contribution in [3.05, 3.63) is 0 Å². The zero-order valence-corrected chi connectivity index (χ0v) is 9.21. The minimum absolute atomic E-state index is 0.985. The molecule has 0 unspecified atom stereocenters. The van der Waals surface area contributed by atoms with Crippen LogP contribution in [0.25, 0.3) is 0 Å². The summed E-state index contributed by atoms with van der Waals surface area (Å²) in [4.78, 5) is 0. The van der Waals surface area contributed by atoms with Crippen molar-refractivity contribution in [1.82, 2.24) is 0 Å². The SMILES string of the molecule is CCCCCCCCC[SiH]1OO1. The van der Waals surface area contributed by atoms with Crippen LogP contribution in [0.15, 0.2) is 0 Å². The Hall–Kier alpha value is 0.137. The molecule has 0 aromatic carbocycles. The first-order valence-corrected chi connectivity index (χ1v) is 7.01. The van der Waals surface area contributed by atoms with E-state index in [1.807, 2.05) is 0 Å². The van der Waals surface area contributed by atoms with Crippen molar-refractivity contribution in [2.24, 2.45) is 0 Å². The molecular formula is C9H20O2Si. The lowest BCUT2D eigenvalue weighted by Gasteiger charge is -1.97. The predicted molar refractivity (Wildman–Crippen MR) is 52.1 cm³/mol. The topological polar surface area (TPSA) is 25.1 Å². The fourth-order valence-corrected chi connectivity index (χ4v) is 2.53. The van der Waals surface area contributed by atoms with E-state index in [4.69, 9.17) is 9.15 Å². The molecule has 2 nitrogen and oxygen atoms in total. The van der Waals surface area contributed by atoms with Crippen molar-refractivity contribution in [3.63, 3.8) is 0 Å². The minimum Gasteiger partial charge on any atom is -0.261 e. The Bertz CT molecular complexity index is 105. The van der Waals surface area contributed by atoms with Crippen LogP contribution >= 0.6 is 0 Å². The van der Waals surface area contributed by atoms with Crippen LogP contribution in [0.3, 0.4) is 0 Å². The van der Waals surface area contributed by atoms with Gasteiger partial charge < -0.3 is 0 Å². The van der Waals surface area contributed by atoms with E-state index in [1.165, 1.54) is 51.0 Å². The van der Waals surface area contributed by atoms with Crippen LogP contribution in [0.1, 0.15) is 51.9 Å². The largest absolute Gasteiger partial charge is 0.393 e. The molecule has 3 heteroatoms. The Labute approximate surface area is 77.0 Å². The van der Waals surface area contributed by atoms with E-state index in [0.29, 0.717) is 0 Å². The van der Waals surface area contributed by atoms with Crippen LogP contribution in [0, 0.1) is 0 Å². The molecule has 12 heavy (non-hydrogen) atoms. The second-order valence-electron chi connectivity index (χ2n) is 3.53. The van der Waals surface area contributed by atoms with Gasteiger partial charge in [0.25, 0.3) is 0 Å². The average molecular weight is 188 g/mol. The van der Waals surface area contributed by atoms with Crippen molar-refractivity contribution in [2.75, 3.05) is 0 Å². The molecule has 1 rings (SSSR count). The molecule has 0 aliphatic carbocycles. The molecule has 1 fully saturated rings. The zero-order chi connectivity index (χ0) is 8.65. The molecule has 1 heterocycles. The Morgan fingerprint density at radius 3 is 2.00 bits per heavy atom. The van der Waals surface area contributed by atoms with Gasteiger partial charge in [0.05, 0.1) is 0 Å². The van der Waals surface area contributed by atoms with E-state index in [9.17, 15) is 0 Å². The first-order valence-electron chi connectivity index (χ1n) is 5.25. The molecule has 0 spiro atoms. The molecule has 1 saturated heterocycles. The number of hydrogen-bond acceptors (Lipinski definition) is 2. The summed E-state index contributed by atoms with van der Waals surface area (Å²) in [6.07, 6.45) is 9.69. The number of rotatable bonds is 8. The summed E-state index contributed by atoms with van der Waals surface area (Å²) in [6, 6.07) is 1.23. The van der Waals surface area contributed by atoms with Crippen molar-refractivity contribution < 1.29 is 9.15 Å². The zero-order valence-electron chi connectivity index (χ0n) is 8.05. The van der Waals surface area contributed by atoms with Gasteiger partial charge in [0.15, 0.2) is 0 Å². The predicted octanol–water partition coefficient (Wildman–Crippen LogP) is 2.92. The standard InChI is InChI=1S/C9H20O2Si/c1-2-3-4-5-6-7-8-9-12-10-11-12/h12H,2-9H2,1H3. The molecule has 1 aliphatic heterocycles. The average Bonchev–Trinajstić information content (AvgIpc) is 2.87. The maximum Gasteiger partial charge on any atom is 0.393 e. The van der Waals surface area contributed by atoms with Crippen molar-refractivity contribution in [2.45, 2.75) is 57.9 Å². The summed E-state index contributed by atoms with van der Waals surface area (Å²) in [5, 5.41) is 0. The van der Waals surface area contributed by atoms with E-state index in [1.54, 1.807) is 0 Å². The highest BCUT2D eigenvalue weighted by Crippen LogP contribution is 2.17. The third-order valence-electron chi connectivity index (χ3n) is 2.28. The molecule has 0 amide bonds. The summed E-state index contributed by atoms with van der Waals surface area (Å²) < 4.78 is 9.58. The third kappa shape index (κ3) is 5.74. The Morgan fingerprint density at radius 1 is 0.833 bits per heavy atom. The minimum atomic E-state index is -0.985. The van der Waals surface area contributed by atoms with Crippen molar-refractivity contribution in [3.8, 4) is 0 Å². The Balaban J connectivity index is 1.65. The highest BCUT2D eigenvalue weighted by atomic mass is 28.3. The van der Waals surface area contributed by atoms with Crippen LogP contribution in [0.5, 0.6) is 0 Å². The summed E-state index contributed by atoms with van der Waals surface area (Å²) >= 11 is 0. The molecular weight excluding hydrogens is 168 g/mol. The Morgan fingerprint density at radius 2 is 1.42 bits per heavy atom. The second-order valence-corrected chi connectivity index (χ2v) is 5.35. The van der Waals surface area contributed by atoms with E-state index in [2.05, 4.69) is 6.92 Å². The summed E-state index contributed by atoms with van der Waals surface area (Å²) in [7, 11) is -0.985. The number of unbranched alkanes of at least 4 members (excludes halogenated alkanes) is 6. The molecule has 0 saturated carbocycles. The second kappa shape index (κ2) is 6.63. The van der Waals surface area contributed by atoms with Crippen molar-refractivity contribution >= 4 is 9.28 Å². The fraction of sp³-hybridized carbons (Fsp3) is 1.00. The number of hydrogen-bond donors (Lipinski definition) is 0. The molecule has 0 radical (unpaired) electrons. The van der Waals surface area contributed by atoms with Crippen LogP contribution < -0.4 is 0 Å². The van der Waals surface area contributed by atoms with Gasteiger partial charge >= 0.3 is 9.28 Å². The lowest BCUT2D eigenvalue weighted by Crippen LogP contribution is -1.88. The van der Waals surface area contributed by atoms with E-state index in [-0.39, 0.29) is 0 Å². The van der Waals surface area contributed by atoms with Gasteiger partial charge in [0.1, 0.15) is 0 Å². The van der Waals surface area contributed by atoms with Gasteiger partial charge in [-0.05, 0) is 6.04 Å². The molecule has 0 aromatic rings. The first kappa shape index (κ1) is 10.2. The van der Waals surface area contributed by atoms with E-state index in [0.717, 1.165) is 0 Å². The van der Waals surface area contributed by atoms with Gasteiger partial charge in [-0.2, -0.15) is 0 Å². The highest BCUT2D eigenvalue weighted by Gasteiger charge is 2.28. The van der Waals surface area contributed by atoms with Gasteiger partial charge in [0.2, 0.25) is 0 Å². The highest BCUT2D eigenvalue weighted by molar-refractivity contribution is 6.49. The maximum atomic E-state index is 4.79. The quantitative estimate of drug-likeness (QED) is 0.253. The molecule has 0 aromatic heterocycles. The first-order chi connectivity index (χ1) is 5.93. The van der Waals surface area contributed by atoms with E-state index < -0.39 is 9.28 Å². The van der Waals surface area contributed by atoms with Gasteiger partial charge in [-0.1, -0.05) is 51.9 Å². The van der Waals surface area contributed by atoms with Gasteiger partial charge in [0, 0.05) is 0 Å². The lowest BCUT2D eigenvalue weighted by molar-refractivity contribution is 0.0850. The summed E-state index contributed by atoms with van der Waals surface area (Å²) in [5.41, 5.74) is 0. The molecule has 1 aliphatic rings. The molecule has 72 valence electrons. The Kier molecular flexibility index (Phi) is 5.65. The lowest BCUT2D eigenvalue weighted by atomic mass is 10.1. The maximum absolute atomic E-state index is 4.79. The normalized spacial score (nSPS) is 16.8. The third-order valence-corrected chi connectivity index (χ3v) is 3.62. The van der Waals surface area contributed by atoms with Gasteiger partial charge in [-0.15, -0.1) is 0 Å². The molecule has 0 N–H and O–H groups in total. The van der Waals surface area contributed by atoms with Crippen molar-refractivity contribution in [1.29, 1.82) is 0 Å². The van der Waals surface area contributed by atoms with Crippen LogP contribution in [0.2, 0.25) is 6.04 Å². The monoisotopic (exact) mass is 188 g/mol. The molecule has 0 bridgehead atoms. The van der Waals surface area contributed by atoms with Crippen LogP contribution in [-0.2, 0) is 9.15 Å². The summed E-state index contributed by atoms with van der Waals surface area (Å²) in [6.45, 7) is 2.26. The van der Waals surface area contributed by atoms with Gasteiger partial charge in [-0.3, -0.25) is 9.15 Å². The van der Waals surface area contributed by atoms with Crippen LogP contribution in [0.4, 0.5) is 0 Å². The van der Waals surface area contributed by atoms with Crippen LogP contribution in [-0.4, -0.2) is 9.28 Å². The molecule has 0 atom stereocenters. The van der Waals surface area contributed by atoms with Gasteiger partial charge in [-0.25, -0.2) is 0 Å². The summed E-state index contributed by atoms with van der Waals surface area (Å²) in [5.74, 6) is 0. The fourth-order valence-electron chi connectivity index (χ4n) is 1.40. The smallest absolute Gasteiger partial charge is 0.261 e. The van der Waals surface area contributed by atoms with E-state index >= 15 is 0 Å².